The van der Waals surface area contributed by atoms with Gasteiger partial charge in [-0.05, 0) is 24.6 Å². The fraction of sp³-hybridized carbons (Fsp3) is 0.294. The monoisotopic (exact) mass is 351 g/mol. The highest BCUT2D eigenvalue weighted by Gasteiger charge is 2.06. The first-order valence-electron chi connectivity index (χ1n) is 7.54. The summed E-state index contributed by atoms with van der Waals surface area (Å²) in [4.78, 5) is 15.6. The number of rotatable bonds is 8. The van der Waals surface area contributed by atoms with E-state index in [-0.39, 0.29) is 18.3 Å². The van der Waals surface area contributed by atoms with Crippen molar-refractivity contribution in [3.05, 3.63) is 48.2 Å². The molecule has 6 nitrogen and oxygen atoms in total. The number of para-hydroxylation sites is 2. The molecule has 7 heteroatoms. The predicted molar refractivity (Wildman–Crippen MR) is 94.7 cm³/mol. The van der Waals surface area contributed by atoms with Crippen LogP contribution in [-0.2, 0) is 11.3 Å². The summed E-state index contributed by atoms with van der Waals surface area (Å²) in [6.45, 7) is 3.25. The Bertz CT molecular complexity index is 635. The zero-order valence-electron chi connectivity index (χ0n) is 13.5. The first kappa shape index (κ1) is 19.7. The summed E-state index contributed by atoms with van der Waals surface area (Å²) in [6, 6.07) is 11.0. The van der Waals surface area contributed by atoms with Crippen molar-refractivity contribution in [1.82, 2.24) is 10.3 Å². The van der Waals surface area contributed by atoms with Gasteiger partial charge in [0.1, 0.15) is 0 Å². The molecular weight excluding hydrogens is 330 g/mol. The molecular formula is C17H22ClN3O3. The van der Waals surface area contributed by atoms with Gasteiger partial charge in [-0.25, -0.2) is 4.98 Å². The lowest BCUT2D eigenvalue weighted by Crippen LogP contribution is -2.25. The SMILES string of the molecule is CCOc1ccccc1Oc1ccc(CNC(=O)CCN)cn1.Cl. The quantitative estimate of drug-likeness (QED) is 0.763. The summed E-state index contributed by atoms with van der Waals surface area (Å²) in [7, 11) is 0. The average Bonchev–Trinajstić information content (AvgIpc) is 2.56. The van der Waals surface area contributed by atoms with E-state index >= 15 is 0 Å². The van der Waals surface area contributed by atoms with Gasteiger partial charge in [0.05, 0.1) is 6.61 Å². The van der Waals surface area contributed by atoms with Crippen LogP contribution in [0.25, 0.3) is 0 Å². The third kappa shape index (κ3) is 6.06. The van der Waals surface area contributed by atoms with Crippen molar-refractivity contribution < 1.29 is 14.3 Å². The lowest BCUT2D eigenvalue weighted by Gasteiger charge is -2.11. The standard InChI is InChI=1S/C17H21N3O3.ClH/c1-2-22-14-5-3-4-6-15(14)23-17-8-7-13(12-20-17)11-19-16(21)9-10-18;/h3-8,12H,2,9-11,18H2,1H3,(H,19,21);1H. The number of carbonyl (C=O) groups is 1. The van der Waals surface area contributed by atoms with E-state index in [9.17, 15) is 4.79 Å². The first-order chi connectivity index (χ1) is 11.2. The first-order valence-corrected chi connectivity index (χ1v) is 7.54. The summed E-state index contributed by atoms with van der Waals surface area (Å²) in [6.07, 6.45) is 1.99. The minimum Gasteiger partial charge on any atom is -0.490 e. The number of hydrogen-bond donors (Lipinski definition) is 2. The van der Waals surface area contributed by atoms with Crippen LogP contribution in [0.2, 0.25) is 0 Å². The van der Waals surface area contributed by atoms with Crippen LogP contribution in [0.4, 0.5) is 0 Å². The Hall–Kier alpha value is -2.31. The third-order valence-corrected chi connectivity index (χ3v) is 3.02. The smallest absolute Gasteiger partial charge is 0.221 e. The number of benzene rings is 1. The second-order valence-corrected chi connectivity index (χ2v) is 4.80. The number of hydrogen-bond acceptors (Lipinski definition) is 5. The van der Waals surface area contributed by atoms with Gasteiger partial charge in [-0.15, -0.1) is 12.4 Å². The minimum absolute atomic E-state index is 0. The van der Waals surface area contributed by atoms with Crippen molar-refractivity contribution in [2.24, 2.45) is 5.73 Å². The molecule has 0 spiro atoms. The second kappa shape index (κ2) is 10.5. The zero-order valence-corrected chi connectivity index (χ0v) is 14.3. The predicted octanol–water partition coefficient (Wildman–Crippen LogP) is 2.66. The lowest BCUT2D eigenvalue weighted by atomic mass is 10.2. The molecule has 0 fully saturated rings. The Kier molecular flexibility index (Phi) is 8.60. The van der Waals surface area contributed by atoms with E-state index in [0.29, 0.717) is 43.5 Å². The Balaban J connectivity index is 0.00000288. The third-order valence-electron chi connectivity index (χ3n) is 3.02. The molecule has 2 rings (SSSR count). The summed E-state index contributed by atoms with van der Waals surface area (Å²) in [5, 5.41) is 2.78. The van der Waals surface area contributed by atoms with E-state index in [1.54, 1.807) is 12.3 Å². The second-order valence-electron chi connectivity index (χ2n) is 4.80. The van der Waals surface area contributed by atoms with Crippen molar-refractivity contribution in [3.63, 3.8) is 0 Å². The maximum absolute atomic E-state index is 11.4. The zero-order chi connectivity index (χ0) is 16.5. The summed E-state index contributed by atoms with van der Waals surface area (Å²) < 4.78 is 11.3. The van der Waals surface area contributed by atoms with Crippen molar-refractivity contribution in [3.8, 4) is 17.4 Å². The fourth-order valence-corrected chi connectivity index (χ4v) is 1.92. The maximum Gasteiger partial charge on any atom is 0.221 e. The van der Waals surface area contributed by atoms with Crippen molar-refractivity contribution in [2.75, 3.05) is 13.2 Å². The molecule has 0 aliphatic heterocycles. The number of pyridine rings is 1. The van der Waals surface area contributed by atoms with Gasteiger partial charge in [0, 0.05) is 31.8 Å². The van der Waals surface area contributed by atoms with Gasteiger partial charge in [0.25, 0.3) is 0 Å². The van der Waals surface area contributed by atoms with Gasteiger partial charge >= 0.3 is 0 Å². The highest BCUT2D eigenvalue weighted by atomic mass is 35.5. The van der Waals surface area contributed by atoms with E-state index in [0.717, 1.165) is 5.56 Å². The van der Waals surface area contributed by atoms with Crippen molar-refractivity contribution in [1.29, 1.82) is 0 Å². The largest absolute Gasteiger partial charge is 0.490 e. The van der Waals surface area contributed by atoms with Gasteiger partial charge in [-0.2, -0.15) is 0 Å². The Morgan fingerprint density at radius 3 is 2.58 bits per heavy atom. The summed E-state index contributed by atoms with van der Waals surface area (Å²) in [5.74, 6) is 1.69. The van der Waals surface area contributed by atoms with Crippen LogP contribution in [0.15, 0.2) is 42.6 Å². The molecule has 130 valence electrons. The highest BCUT2D eigenvalue weighted by molar-refractivity contribution is 5.85. The Morgan fingerprint density at radius 2 is 1.96 bits per heavy atom. The molecule has 0 aliphatic rings. The van der Waals surface area contributed by atoms with Gasteiger partial charge in [-0.1, -0.05) is 18.2 Å². The van der Waals surface area contributed by atoms with Gasteiger partial charge < -0.3 is 20.5 Å². The molecule has 0 radical (unpaired) electrons. The molecule has 0 saturated carbocycles. The normalized spacial score (nSPS) is 9.75. The molecule has 1 aromatic heterocycles. The van der Waals surface area contributed by atoms with Crippen LogP contribution >= 0.6 is 12.4 Å². The topological polar surface area (TPSA) is 86.5 Å². The van der Waals surface area contributed by atoms with Crippen molar-refractivity contribution >= 4 is 18.3 Å². The van der Waals surface area contributed by atoms with Crippen LogP contribution in [0.5, 0.6) is 17.4 Å². The van der Waals surface area contributed by atoms with Crippen LogP contribution in [0.3, 0.4) is 0 Å². The number of amides is 1. The number of halogens is 1. The molecule has 0 bridgehead atoms. The van der Waals surface area contributed by atoms with Crippen LogP contribution < -0.4 is 20.5 Å². The summed E-state index contributed by atoms with van der Waals surface area (Å²) in [5.41, 5.74) is 6.21. The molecule has 0 unspecified atom stereocenters. The number of nitrogens with zero attached hydrogens (tertiary/aromatic N) is 1. The van der Waals surface area contributed by atoms with Gasteiger partial charge in [0.2, 0.25) is 11.8 Å². The van der Waals surface area contributed by atoms with Crippen molar-refractivity contribution in [2.45, 2.75) is 19.9 Å². The molecule has 1 aromatic carbocycles. The molecule has 24 heavy (non-hydrogen) atoms. The number of nitrogens with one attached hydrogen (secondary N) is 1. The molecule has 3 N–H and O–H groups in total. The maximum atomic E-state index is 11.4. The van der Waals surface area contributed by atoms with E-state index in [1.165, 1.54) is 0 Å². The number of nitrogens with two attached hydrogens (primary N) is 1. The average molecular weight is 352 g/mol. The number of carbonyl (C=O) groups excluding carboxylic acids is 1. The van der Waals surface area contributed by atoms with Gasteiger partial charge in [-0.3, -0.25) is 4.79 Å². The van der Waals surface area contributed by atoms with Crippen LogP contribution in [0.1, 0.15) is 18.9 Å². The van der Waals surface area contributed by atoms with Gasteiger partial charge in [0.15, 0.2) is 11.5 Å². The molecule has 1 heterocycles. The van der Waals surface area contributed by atoms with E-state index in [4.69, 9.17) is 15.2 Å². The number of ether oxygens (including phenoxy) is 2. The van der Waals surface area contributed by atoms with E-state index < -0.39 is 0 Å². The molecule has 0 saturated heterocycles. The number of aromatic nitrogens is 1. The Labute approximate surface area is 147 Å². The minimum atomic E-state index is -0.0709. The molecule has 0 atom stereocenters. The van der Waals surface area contributed by atoms with Crippen LogP contribution in [0, 0.1) is 0 Å². The molecule has 1 amide bonds. The lowest BCUT2D eigenvalue weighted by molar-refractivity contribution is -0.121. The van der Waals surface area contributed by atoms with E-state index in [2.05, 4.69) is 10.3 Å². The fourth-order valence-electron chi connectivity index (χ4n) is 1.92. The van der Waals surface area contributed by atoms with E-state index in [1.807, 2.05) is 37.3 Å². The molecule has 0 aliphatic carbocycles. The summed E-state index contributed by atoms with van der Waals surface area (Å²) >= 11 is 0. The molecule has 2 aromatic rings. The van der Waals surface area contributed by atoms with Crippen LogP contribution in [-0.4, -0.2) is 24.0 Å². The highest BCUT2D eigenvalue weighted by Crippen LogP contribution is 2.30. The Morgan fingerprint density at radius 1 is 1.21 bits per heavy atom.